The lowest BCUT2D eigenvalue weighted by Crippen LogP contribution is -2.48. The Morgan fingerprint density at radius 1 is 1.65 bits per heavy atom. The van der Waals surface area contributed by atoms with E-state index in [1.54, 1.807) is 4.90 Å². The highest BCUT2D eigenvalue weighted by Gasteiger charge is 2.25. The van der Waals surface area contributed by atoms with E-state index in [9.17, 15) is 4.79 Å². The molecule has 0 spiro atoms. The van der Waals surface area contributed by atoms with Gasteiger partial charge in [-0.15, -0.1) is 0 Å². The molecule has 0 N–H and O–H groups in total. The molecule has 0 aromatic carbocycles. The number of urea groups is 1. The monoisotopic (exact) mass is 237 g/mol. The summed E-state index contributed by atoms with van der Waals surface area (Å²) in [5.41, 5.74) is 0. The fraction of sp³-hybridized carbons (Fsp3) is 0.846. The van der Waals surface area contributed by atoms with Gasteiger partial charge in [-0.3, -0.25) is 0 Å². The van der Waals surface area contributed by atoms with Crippen molar-refractivity contribution < 1.29 is 4.79 Å². The molecule has 0 radical (unpaired) electrons. The zero-order valence-corrected chi connectivity index (χ0v) is 11.1. The second kappa shape index (κ2) is 6.48. The van der Waals surface area contributed by atoms with E-state index in [-0.39, 0.29) is 11.9 Å². The van der Waals surface area contributed by atoms with Gasteiger partial charge in [0.05, 0.1) is 12.0 Å². The van der Waals surface area contributed by atoms with Crippen LogP contribution in [-0.4, -0.2) is 42.0 Å². The van der Waals surface area contributed by atoms with Crippen LogP contribution in [0.15, 0.2) is 0 Å². The second-order valence-corrected chi connectivity index (χ2v) is 5.04. The van der Waals surface area contributed by atoms with Gasteiger partial charge in [-0.25, -0.2) is 4.79 Å². The predicted molar refractivity (Wildman–Crippen MR) is 67.4 cm³/mol. The number of carbonyl (C=O) groups is 1. The van der Waals surface area contributed by atoms with Crippen molar-refractivity contribution in [2.75, 3.05) is 26.2 Å². The first-order chi connectivity index (χ1) is 8.08. The summed E-state index contributed by atoms with van der Waals surface area (Å²) in [5.74, 6) is 0.501. The van der Waals surface area contributed by atoms with E-state index >= 15 is 0 Å². The van der Waals surface area contributed by atoms with Gasteiger partial charge in [0.15, 0.2) is 0 Å². The van der Waals surface area contributed by atoms with Crippen LogP contribution in [0.2, 0.25) is 0 Å². The standard InChI is InChI=1S/C13H23N3O/c1-4-15(10-12(3)8-14)13(17)16-7-5-6-11(2)9-16/h11-12H,4-7,9-10H2,1-3H3. The summed E-state index contributed by atoms with van der Waals surface area (Å²) in [6.07, 6.45) is 2.31. The number of rotatable bonds is 3. The number of carbonyl (C=O) groups excluding carboxylic acids is 1. The molecular formula is C13H23N3O. The van der Waals surface area contributed by atoms with Gasteiger partial charge in [0, 0.05) is 26.2 Å². The van der Waals surface area contributed by atoms with E-state index in [0.717, 1.165) is 19.5 Å². The Balaban J connectivity index is 2.56. The van der Waals surface area contributed by atoms with Gasteiger partial charge in [-0.05, 0) is 32.6 Å². The zero-order chi connectivity index (χ0) is 12.8. The van der Waals surface area contributed by atoms with Gasteiger partial charge in [0.1, 0.15) is 0 Å². The minimum Gasteiger partial charge on any atom is -0.324 e. The van der Waals surface area contributed by atoms with Gasteiger partial charge in [-0.1, -0.05) is 6.92 Å². The molecule has 0 aromatic heterocycles. The van der Waals surface area contributed by atoms with Gasteiger partial charge in [0.25, 0.3) is 0 Å². The quantitative estimate of drug-likeness (QED) is 0.756. The van der Waals surface area contributed by atoms with Crippen molar-refractivity contribution in [1.82, 2.24) is 9.80 Å². The van der Waals surface area contributed by atoms with Crippen molar-refractivity contribution in [1.29, 1.82) is 5.26 Å². The molecular weight excluding hydrogens is 214 g/mol. The Hall–Kier alpha value is -1.24. The molecule has 17 heavy (non-hydrogen) atoms. The van der Waals surface area contributed by atoms with Gasteiger partial charge >= 0.3 is 6.03 Å². The fourth-order valence-electron chi connectivity index (χ4n) is 2.28. The Kier molecular flexibility index (Phi) is 5.27. The third-order valence-electron chi connectivity index (χ3n) is 3.29. The molecule has 2 atom stereocenters. The molecule has 1 aliphatic rings. The fourth-order valence-corrected chi connectivity index (χ4v) is 2.28. The average Bonchev–Trinajstić information content (AvgIpc) is 2.34. The Labute approximate surface area is 104 Å². The molecule has 1 heterocycles. The summed E-state index contributed by atoms with van der Waals surface area (Å²) in [5, 5.41) is 8.81. The summed E-state index contributed by atoms with van der Waals surface area (Å²) in [6.45, 7) is 8.95. The minimum atomic E-state index is -0.0962. The van der Waals surface area contributed by atoms with Crippen molar-refractivity contribution >= 4 is 6.03 Å². The number of piperidine rings is 1. The lowest BCUT2D eigenvalue weighted by Gasteiger charge is -2.35. The van der Waals surface area contributed by atoms with Gasteiger partial charge in [-0.2, -0.15) is 5.26 Å². The van der Waals surface area contributed by atoms with Crippen LogP contribution < -0.4 is 0 Å². The summed E-state index contributed by atoms with van der Waals surface area (Å²) in [6, 6.07) is 2.28. The Morgan fingerprint density at radius 2 is 2.35 bits per heavy atom. The number of nitrogens with zero attached hydrogens (tertiary/aromatic N) is 3. The van der Waals surface area contributed by atoms with E-state index in [0.29, 0.717) is 19.0 Å². The van der Waals surface area contributed by atoms with E-state index in [1.165, 1.54) is 6.42 Å². The molecule has 96 valence electrons. The molecule has 1 aliphatic heterocycles. The van der Waals surface area contributed by atoms with Crippen LogP contribution >= 0.6 is 0 Å². The van der Waals surface area contributed by atoms with E-state index < -0.39 is 0 Å². The van der Waals surface area contributed by atoms with Crippen molar-refractivity contribution in [2.45, 2.75) is 33.6 Å². The first-order valence-electron chi connectivity index (χ1n) is 6.52. The first-order valence-corrected chi connectivity index (χ1v) is 6.52. The molecule has 1 fully saturated rings. The first kappa shape index (κ1) is 13.8. The Bertz CT molecular complexity index is 298. The number of hydrogen-bond acceptors (Lipinski definition) is 2. The van der Waals surface area contributed by atoms with Crippen LogP contribution in [0.25, 0.3) is 0 Å². The zero-order valence-electron chi connectivity index (χ0n) is 11.1. The molecule has 4 heteroatoms. The third-order valence-corrected chi connectivity index (χ3v) is 3.29. The number of amides is 2. The Morgan fingerprint density at radius 3 is 2.88 bits per heavy atom. The molecule has 0 saturated carbocycles. The molecule has 1 saturated heterocycles. The summed E-state index contributed by atoms with van der Waals surface area (Å²) >= 11 is 0. The smallest absolute Gasteiger partial charge is 0.320 e. The molecule has 0 aliphatic carbocycles. The van der Waals surface area contributed by atoms with Gasteiger partial charge in [0.2, 0.25) is 0 Å². The minimum absolute atomic E-state index is 0.0962. The summed E-state index contributed by atoms with van der Waals surface area (Å²) in [4.78, 5) is 16.0. The third kappa shape index (κ3) is 3.92. The van der Waals surface area contributed by atoms with Gasteiger partial charge < -0.3 is 9.80 Å². The van der Waals surface area contributed by atoms with Crippen LogP contribution in [0, 0.1) is 23.2 Å². The van der Waals surface area contributed by atoms with E-state index in [2.05, 4.69) is 13.0 Å². The predicted octanol–water partition coefficient (Wildman–Crippen LogP) is 2.32. The van der Waals surface area contributed by atoms with Crippen LogP contribution in [0.1, 0.15) is 33.6 Å². The van der Waals surface area contributed by atoms with Crippen LogP contribution in [0.4, 0.5) is 4.79 Å². The maximum atomic E-state index is 12.3. The molecule has 0 bridgehead atoms. The highest BCUT2D eigenvalue weighted by atomic mass is 16.2. The highest BCUT2D eigenvalue weighted by molar-refractivity contribution is 5.74. The maximum absolute atomic E-state index is 12.3. The highest BCUT2D eigenvalue weighted by Crippen LogP contribution is 2.17. The maximum Gasteiger partial charge on any atom is 0.320 e. The van der Waals surface area contributed by atoms with Crippen LogP contribution in [0.3, 0.4) is 0 Å². The second-order valence-electron chi connectivity index (χ2n) is 5.04. The van der Waals surface area contributed by atoms with E-state index in [1.807, 2.05) is 18.7 Å². The molecule has 1 rings (SSSR count). The molecule has 0 aromatic rings. The van der Waals surface area contributed by atoms with Crippen molar-refractivity contribution in [3.8, 4) is 6.07 Å². The molecule has 4 nitrogen and oxygen atoms in total. The topological polar surface area (TPSA) is 47.3 Å². The largest absolute Gasteiger partial charge is 0.324 e. The van der Waals surface area contributed by atoms with Crippen molar-refractivity contribution in [2.24, 2.45) is 11.8 Å². The summed E-state index contributed by atoms with van der Waals surface area (Å²) < 4.78 is 0. The van der Waals surface area contributed by atoms with E-state index in [4.69, 9.17) is 5.26 Å². The van der Waals surface area contributed by atoms with Crippen molar-refractivity contribution in [3.05, 3.63) is 0 Å². The van der Waals surface area contributed by atoms with Crippen LogP contribution in [0.5, 0.6) is 0 Å². The van der Waals surface area contributed by atoms with Crippen molar-refractivity contribution in [3.63, 3.8) is 0 Å². The SMILES string of the molecule is CCN(CC(C)C#N)C(=O)N1CCCC(C)C1. The number of likely N-dealkylation sites (tertiary alicyclic amines) is 1. The molecule has 2 amide bonds. The molecule has 2 unspecified atom stereocenters. The average molecular weight is 237 g/mol. The van der Waals surface area contributed by atoms with Crippen LogP contribution in [-0.2, 0) is 0 Å². The number of hydrogen-bond donors (Lipinski definition) is 0. The summed E-state index contributed by atoms with van der Waals surface area (Å²) in [7, 11) is 0. The lowest BCUT2D eigenvalue weighted by molar-refractivity contribution is 0.130. The normalized spacial score (nSPS) is 21.8. The number of nitriles is 1. The lowest BCUT2D eigenvalue weighted by atomic mass is 10.0.